The van der Waals surface area contributed by atoms with Crippen LogP contribution < -0.4 is 16.4 Å². The van der Waals surface area contributed by atoms with E-state index < -0.39 is 0 Å². The van der Waals surface area contributed by atoms with E-state index in [2.05, 4.69) is 30.4 Å². The van der Waals surface area contributed by atoms with Crippen molar-refractivity contribution in [2.75, 3.05) is 18.4 Å². The Morgan fingerprint density at radius 2 is 1.56 bits per heavy atom. The molecule has 200 valence electrons. The van der Waals surface area contributed by atoms with Gasteiger partial charge >= 0.3 is 6.03 Å². The second-order valence-corrected chi connectivity index (χ2v) is 7.89. The van der Waals surface area contributed by atoms with Gasteiger partial charge in [0, 0.05) is 35.4 Å². The molecule has 3 rings (SSSR count). The Morgan fingerprint density at radius 1 is 1.03 bits per heavy atom. The van der Waals surface area contributed by atoms with Crippen LogP contribution >= 0.6 is 11.6 Å². The lowest BCUT2D eigenvalue weighted by molar-refractivity contribution is -0.124. The molecule has 8 heteroatoms. The van der Waals surface area contributed by atoms with Crippen LogP contribution in [0.4, 0.5) is 10.5 Å². The average Bonchev–Trinajstić information content (AvgIpc) is 3.64. The van der Waals surface area contributed by atoms with Crippen LogP contribution in [-0.4, -0.2) is 36.7 Å². The molecule has 1 aromatic carbocycles. The van der Waals surface area contributed by atoms with Gasteiger partial charge in [0.05, 0.1) is 0 Å². The van der Waals surface area contributed by atoms with Crippen molar-refractivity contribution in [1.82, 2.24) is 10.2 Å². The summed E-state index contributed by atoms with van der Waals surface area (Å²) >= 11 is 5.75. The summed E-state index contributed by atoms with van der Waals surface area (Å²) in [6.45, 7) is 18.3. The Labute approximate surface area is 222 Å². The van der Waals surface area contributed by atoms with Crippen molar-refractivity contribution in [3.05, 3.63) is 79.1 Å². The largest absolute Gasteiger partial charge is 0.405 e. The number of allylic oxidation sites excluding steroid dienone is 3. The van der Waals surface area contributed by atoms with Gasteiger partial charge in [0.1, 0.15) is 6.79 Å². The van der Waals surface area contributed by atoms with Crippen LogP contribution in [0.15, 0.2) is 74.1 Å². The van der Waals surface area contributed by atoms with Gasteiger partial charge in [-0.1, -0.05) is 64.1 Å². The van der Waals surface area contributed by atoms with Crippen LogP contribution in [0.3, 0.4) is 0 Å². The van der Waals surface area contributed by atoms with Crippen LogP contribution in [0.5, 0.6) is 0 Å². The van der Waals surface area contributed by atoms with Gasteiger partial charge in [-0.2, -0.15) is 0 Å². The van der Waals surface area contributed by atoms with Gasteiger partial charge in [-0.15, -0.1) is 0 Å². The predicted molar refractivity (Wildman–Crippen MR) is 153 cm³/mol. The number of hydrogen-bond donors (Lipinski definition) is 3. The number of carbonyl (C=O) groups excluding carboxylic acids is 3. The topological polar surface area (TPSA) is 105 Å². The number of nitrogens with zero attached hydrogens (tertiary/aromatic N) is 1. The van der Waals surface area contributed by atoms with Crippen LogP contribution in [0.25, 0.3) is 0 Å². The summed E-state index contributed by atoms with van der Waals surface area (Å²) in [4.78, 5) is 32.9. The third-order valence-electron chi connectivity index (χ3n) is 4.99. The third kappa shape index (κ3) is 16.3. The molecule has 0 bridgehead atoms. The number of amides is 3. The molecule has 0 aromatic heterocycles. The molecule has 2 aliphatic rings. The van der Waals surface area contributed by atoms with Crippen LogP contribution in [-0.2, 0) is 9.59 Å². The highest BCUT2D eigenvalue weighted by Gasteiger charge is 2.22. The molecule has 1 heterocycles. The number of hydrogen-bond acceptors (Lipinski definition) is 4. The molecule has 1 aromatic rings. The van der Waals surface area contributed by atoms with E-state index in [4.69, 9.17) is 22.1 Å². The van der Waals surface area contributed by atoms with Crippen molar-refractivity contribution in [3.8, 4) is 0 Å². The van der Waals surface area contributed by atoms with Crippen LogP contribution in [0.1, 0.15) is 52.4 Å². The molecule has 1 saturated heterocycles. The van der Waals surface area contributed by atoms with Crippen molar-refractivity contribution >= 4 is 36.0 Å². The second-order valence-electron chi connectivity index (χ2n) is 7.45. The molecule has 4 N–H and O–H groups in total. The minimum absolute atomic E-state index is 0.0187. The lowest BCUT2D eigenvalue weighted by atomic mass is 10.1. The normalized spacial score (nSPS) is 13.7. The minimum Gasteiger partial charge on any atom is -0.405 e. The Morgan fingerprint density at radius 3 is 1.97 bits per heavy atom. The summed E-state index contributed by atoms with van der Waals surface area (Å²) in [5.41, 5.74) is 6.28. The summed E-state index contributed by atoms with van der Waals surface area (Å²) in [5, 5.41) is 6.23. The molecular weight excluding hydrogens is 476 g/mol. The van der Waals surface area contributed by atoms with Crippen molar-refractivity contribution in [3.63, 3.8) is 0 Å². The summed E-state index contributed by atoms with van der Waals surface area (Å²) in [6.07, 6.45) is 12.9. The fourth-order valence-electron chi connectivity index (χ4n) is 3.23. The van der Waals surface area contributed by atoms with E-state index in [1.54, 1.807) is 42.5 Å². The van der Waals surface area contributed by atoms with Gasteiger partial charge in [0.2, 0.25) is 5.91 Å². The standard InChI is InChI=1S/C11H13ClN2O.C10H15NO.C4H7N.C2H6.CH2O/c12-9-3-5-10(6-4-9)13-11(15)14-7-1-2-8-14;1-3-8(2)11-10(12)9-6-4-5-7-9;1-2-3-4-5;2*1-2/h3-6H,1-2,7-8H2,(H,13,15);3,9H,1-2,4-7H2,(H,11,12);2-4H,1,5H2;1-2H3;1H2/b;;4-3+;;. The SMILES string of the molecule is C=C/C=C/N.C=CC(=C)NC(=O)C1CCCC1.C=O.CC.O=C(Nc1ccc(Cl)cc1)N1CCCC1. The maximum atomic E-state index is 11.7. The van der Waals surface area contributed by atoms with E-state index in [0.717, 1.165) is 44.5 Å². The Hall–Kier alpha value is -3.32. The smallest absolute Gasteiger partial charge is 0.321 e. The van der Waals surface area contributed by atoms with E-state index in [9.17, 15) is 9.59 Å². The molecule has 36 heavy (non-hydrogen) atoms. The molecule has 7 nitrogen and oxygen atoms in total. The number of anilines is 1. The summed E-state index contributed by atoms with van der Waals surface area (Å²) in [6, 6.07) is 7.12. The van der Waals surface area contributed by atoms with Gasteiger partial charge in [-0.3, -0.25) is 4.79 Å². The fourth-order valence-corrected chi connectivity index (χ4v) is 3.36. The van der Waals surface area contributed by atoms with Gasteiger partial charge in [0.25, 0.3) is 0 Å². The molecular formula is C28H43ClN4O3. The monoisotopic (exact) mass is 518 g/mol. The first-order chi connectivity index (χ1) is 17.4. The lowest BCUT2D eigenvalue weighted by Crippen LogP contribution is -2.32. The first-order valence-corrected chi connectivity index (χ1v) is 12.5. The quantitative estimate of drug-likeness (QED) is 0.389. The maximum absolute atomic E-state index is 11.7. The number of carbonyl (C=O) groups is 3. The second kappa shape index (κ2) is 23.4. The Bertz CT molecular complexity index is 798. The fraction of sp³-hybridized carbons (Fsp3) is 0.393. The predicted octanol–water partition coefficient (Wildman–Crippen LogP) is 6.45. The highest BCUT2D eigenvalue weighted by atomic mass is 35.5. The van der Waals surface area contributed by atoms with Gasteiger partial charge in [-0.05, 0) is 68.3 Å². The number of halogens is 1. The molecule has 1 aliphatic heterocycles. The van der Waals surface area contributed by atoms with E-state index >= 15 is 0 Å². The van der Waals surface area contributed by atoms with E-state index in [1.807, 2.05) is 25.5 Å². The molecule has 0 unspecified atom stereocenters. The summed E-state index contributed by atoms with van der Waals surface area (Å²) in [7, 11) is 0. The molecule has 0 radical (unpaired) electrons. The molecule has 3 amide bonds. The zero-order valence-corrected chi connectivity index (χ0v) is 22.6. The number of urea groups is 1. The molecule has 1 aliphatic carbocycles. The molecule has 0 spiro atoms. The van der Waals surface area contributed by atoms with Crippen molar-refractivity contribution in [2.24, 2.45) is 11.7 Å². The third-order valence-corrected chi connectivity index (χ3v) is 5.24. The number of likely N-dealkylation sites (tertiary alicyclic amines) is 1. The zero-order chi connectivity index (χ0) is 27.8. The summed E-state index contributed by atoms with van der Waals surface area (Å²) < 4.78 is 0. The van der Waals surface area contributed by atoms with Crippen molar-refractivity contribution < 1.29 is 14.4 Å². The first-order valence-electron chi connectivity index (χ1n) is 12.1. The maximum Gasteiger partial charge on any atom is 0.321 e. The number of rotatable bonds is 5. The summed E-state index contributed by atoms with van der Waals surface area (Å²) in [5.74, 6) is 0.319. The van der Waals surface area contributed by atoms with E-state index in [0.29, 0.717) is 10.7 Å². The van der Waals surface area contributed by atoms with Gasteiger partial charge < -0.3 is 26.1 Å². The molecule has 2 fully saturated rings. The molecule has 0 atom stereocenters. The highest BCUT2D eigenvalue weighted by Crippen LogP contribution is 2.24. The Kier molecular flexibility index (Phi) is 22.7. The van der Waals surface area contributed by atoms with Crippen molar-refractivity contribution in [2.45, 2.75) is 52.4 Å². The minimum atomic E-state index is -0.0187. The van der Waals surface area contributed by atoms with E-state index in [-0.39, 0.29) is 17.9 Å². The van der Waals surface area contributed by atoms with Crippen LogP contribution in [0.2, 0.25) is 5.02 Å². The zero-order valence-electron chi connectivity index (χ0n) is 21.8. The lowest BCUT2D eigenvalue weighted by Gasteiger charge is -2.16. The van der Waals surface area contributed by atoms with Crippen molar-refractivity contribution in [1.29, 1.82) is 0 Å². The first kappa shape index (κ1) is 34.8. The number of benzene rings is 1. The number of nitrogens with two attached hydrogens (primary N) is 1. The van der Waals surface area contributed by atoms with Gasteiger partial charge in [0.15, 0.2) is 0 Å². The molecule has 1 saturated carbocycles. The average molecular weight is 519 g/mol. The van der Waals surface area contributed by atoms with Crippen LogP contribution in [0, 0.1) is 5.92 Å². The number of nitrogens with one attached hydrogen (secondary N) is 2. The highest BCUT2D eigenvalue weighted by molar-refractivity contribution is 6.30. The Balaban J connectivity index is 0. The van der Waals surface area contributed by atoms with Gasteiger partial charge in [-0.25, -0.2) is 4.79 Å². The van der Waals surface area contributed by atoms with E-state index in [1.165, 1.54) is 19.0 Å².